The van der Waals surface area contributed by atoms with Crippen LogP contribution in [0.5, 0.6) is 0 Å². The predicted molar refractivity (Wildman–Crippen MR) is 98.1 cm³/mol. The van der Waals surface area contributed by atoms with E-state index in [1.165, 1.54) is 19.3 Å². The first-order valence-electron chi connectivity index (χ1n) is 10.3. The Bertz CT molecular complexity index is 509. The van der Waals surface area contributed by atoms with Crippen molar-refractivity contribution in [3.8, 4) is 0 Å². The standard InChI is InChI=1S/C19H34N4O3/c1-10-16(11(2)26-23-10)18-21-15-8-13(9-20-19(24)17(15)22-18)12-5-4-6-14(7-12)25-3/h10-18,21-23H,4-9H2,1-3H3,(H,20,24)/t10?,11?,12?,13-,14?,15?,16?,17?,18?/m0/s1. The Morgan fingerprint density at radius 3 is 2.69 bits per heavy atom. The minimum Gasteiger partial charge on any atom is -0.381 e. The van der Waals surface area contributed by atoms with Crippen molar-refractivity contribution in [2.75, 3.05) is 13.7 Å². The van der Waals surface area contributed by atoms with E-state index in [1.807, 2.05) is 7.11 Å². The molecular weight excluding hydrogens is 332 g/mol. The molecule has 9 atom stereocenters. The van der Waals surface area contributed by atoms with Gasteiger partial charge in [-0.2, -0.15) is 5.48 Å². The third kappa shape index (κ3) is 3.52. The molecule has 7 heteroatoms. The number of fused-ring (bicyclic) bond motifs is 1. The smallest absolute Gasteiger partial charge is 0.238 e. The fraction of sp³-hybridized carbons (Fsp3) is 0.947. The lowest BCUT2D eigenvalue weighted by atomic mass is 9.76. The van der Waals surface area contributed by atoms with Crippen molar-refractivity contribution in [1.82, 2.24) is 21.4 Å². The van der Waals surface area contributed by atoms with Crippen LogP contribution in [0.15, 0.2) is 0 Å². The summed E-state index contributed by atoms with van der Waals surface area (Å²) in [5.41, 5.74) is 3.08. The van der Waals surface area contributed by atoms with Crippen LogP contribution in [0.3, 0.4) is 0 Å². The van der Waals surface area contributed by atoms with Gasteiger partial charge in [-0.25, -0.2) is 0 Å². The molecule has 7 nitrogen and oxygen atoms in total. The zero-order valence-corrected chi connectivity index (χ0v) is 16.2. The van der Waals surface area contributed by atoms with Crippen LogP contribution in [0.2, 0.25) is 0 Å². The van der Waals surface area contributed by atoms with E-state index >= 15 is 0 Å². The van der Waals surface area contributed by atoms with Gasteiger partial charge in [0.05, 0.1) is 18.4 Å². The Morgan fingerprint density at radius 1 is 1.12 bits per heavy atom. The van der Waals surface area contributed by atoms with Gasteiger partial charge in [0.15, 0.2) is 0 Å². The molecule has 4 fully saturated rings. The monoisotopic (exact) mass is 366 g/mol. The van der Waals surface area contributed by atoms with E-state index in [0.29, 0.717) is 23.9 Å². The molecule has 148 valence electrons. The van der Waals surface area contributed by atoms with Crippen molar-refractivity contribution in [2.24, 2.45) is 17.8 Å². The van der Waals surface area contributed by atoms with Gasteiger partial charge >= 0.3 is 0 Å². The van der Waals surface area contributed by atoms with Crippen molar-refractivity contribution < 1.29 is 14.4 Å². The second kappa shape index (κ2) is 7.72. The lowest BCUT2D eigenvalue weighted by Gasteiger charge is -2.34. The van der Waals surface area contributed by atoms with Crippen LogP contribution < -0.4 is 21.4 Å². The summed E-state index contributed by atoms with van der Waals surface area (Å²) in [6, 6.07) is 0.305. The van der Waals surface area contributed by atoms with Crippen molar-refractivity contribution in [1.29, 1.82) is 0 Å². The lowest BCUT2D eigenvalue weighted by molar-refractivity contribution is -0.122. The second-order valence-corrected chi connectivity index (χ2v) is 8.73. The molecule has 4 rings (SSSR count). The van der Waals surface area contributed by atoms with E-state index < -0.39 is 0 Å². The summed E-state index contributed by atoms with van der Waals surface area (Å²) in [5, 5.41) is 10.5. The molecule has 26 heavy (non-hydrogen) atoms. The van der Waals surface area contributed by atoms with Gasteiger partial charge in [0, 0.05) is 31.7 Å². The summed E-state index contributed by atoms with van der Waals surface area (Å²) < 4.78 is 5.62. The van der Waals surface area contributed by atoms with Crippen molar-refractivity contribution in [3.05, 3.63) is 0 Å². The van der Waals surface area contributed by atoms with E-state index in [9.17, 15) is 4.79 Å². The molecule has 0 spiro atoms. The zero-order chi connectivity index (χ0) is 18.3. The molecule has 1 aliphatic carbocycles. The summed E-state index contributed by atoms with van der Waals surface area (Å²) in [7, 11) is 1.82. The third-order valence-electron chi connectivity index (χ3n) is 7.14. The van der Waals surface area contributed by atoms with Crippen LogP contribution in [-0.2, 0) is 14.4 Å². The Morgan fingerprint density at radius 2 is 1.96 bits per heavy atom. The van der Waals surface area contributed by atoms with Crippen LogP contribution in [0.1, 0.15) is 46.0 Å². The Hall–Kier alpha value is -0.730. The van der Waals surface area contributed by atoms with E-state index in [-0.39, 0.29) is 36.3 Å². The molecule has 3 saturated heterocycles. The number of nitrogens with one attached hydrogen (secondary N) is 4. The van der Waals surface area contributed by atoms with Gasteiger partial charge in [-0.1, -0.05) is 6.42 Å². The van der Waals surface area contributed by atoms with Crippen LogP contribution in [-0.4, -0.2) is 56.1 Å². The average Bonchev–Trinajstić information content (AvgIpc) is 3.16. The largest absolute Gasteiger partial charge is 0.381 e. The van der Waals surface area contributed by atoms with Gasteiger partial charge in [-0.3, -0.25) is 20.3 Å². The first-order chi connectivity index (χ1) is 12.6. The van der Waals surface area contributed by atoms with Gasteiger partial charge in [0.25, 0.3) is 0 Å². The number of amides is 1. The topological polar surface area (TPSA) is 83.7 Å². The quantitative estimate of drug-likeness (QED) is 0.583. The highest BCUT2D eigenvalue weighted by Gasteiger charge is 2.48. The highest BCUT2D eigenvalue weighted by atomic mass is 16.7. The van der Waals surface area contributed by atoms with Gasteiger partial charge in [-0.05, 0) is 51.4 Å². The molecule has 3 heterocycles. The minimum atomic E-state index is -0.146. The minimum absolute atomic E-state index is 0.104. The fourth-order valence-corrected chi connectivity index (χ4v) is 5.64. The first-order valence-corrected chi connectivity index (χ1v) is 10.3. The molecule has 3 aliphatic heterocycles. The summed E-state index contributed by atoms with van der Waals surface area (Å²) in [6.45, 7) is 5.03. The maximum absolute atomic E-state index is 12.7. The van der Waals surface area contributed by atoms with Crippen LogP contribution in [0.25, 0.3) is 0 Å². The van der Waals surface area contributed by atoms with Gasteiger partial charge in [-0.15, -0.1) is 0 Å². The molecule has 0 aromatic carbocycles. The Balaban J connectivity index is 1.44. The number of hydrogen-bond acceptors (Lipinski definition) is 6. The van der Waals surface area contributed by atoms with E-state index in [2.05, 4.69) is 35.3 Å². The number of carbonyl (C=O) groups excluding carboxylic acids is 1. The number of rotatable bonds is 3. The van der Waals surface area contributed by atoms with Crippen LogP contribution in [0, 0.1) is 17.8 Å². The number of hydroxylamine groups is 1. The highest BCUT2D eigenvalue weighted by molar-refractivity contribution is 5.83. The van der Waals surface area contributed by atoms with Gasteiger partial charge in [0.1, 0.15) is 6.04 Å². The predicted octanol–water partition coefficient (Wildman–Crippen LogP) is 0.512. The molecule has 0 bridgehead atoms. The third-order valence-corrected chi connectivity index (χ3v) is 7.14. The maximum Gasteiger partial charge on any atom is 0.238 e. The molecule has 1 saturated carbocycles. The van der Waals surface area contributed by atoms with Crippen LogP contribution in [0.4, 0.5) is 0 Å². The van der Waals surface area contributed by atoms with Gasteiger partial charge in [0.2, 0.25) is 5.91 Å². The van der Waals surface area contributed by atoms with E-state index in [4.69, 9.17) is 9.57 Å². The molecule has 0 aromatic heterocycles. The number of methoxy groups -OCH3 is 1. The van der Waals surface area contributed by atoms with E-state index in [1.54, 1.807) is 0 Å². The SMILES string of the molecule is COC1CCCC([C@@H]2CNC(=O)C3NC(C4C(C)NOC4C)NC3C2)C1. The summed E-state index contributed by atoms with van der Waals surface area (Å²) >= 11 is 0. The first kappa shape index (κ1) is 18.6. The lowest BCUT2D eigenvalue weighted by Crippen LogP contribution is -2.50. The Labute approximate surface area is 156 Å². The molecule has 4 N–H and O–H groups in total. The second-order valence-electron chi connectivity index (χ2n) is 8.73. The summed E-state index contributed by atoms with van der Waals surface area (Å²) in [5.74, 6) is 1.61. The average molecular weight is 367 g/mol. The van der Waals surface area contributed by atoms with Gasteiger partial charge < -0.3 is 10.1 Å². The molecule has 4 aliphatic rings. The molecule has 0 radical (unpaired) electrons. The molecule has 1 amide bonds. The van der Waals surface area contributed by atoms with Crippen LogP contribution >= 0.6 is 0 Å². The molecule has 0 aromatic rings. The zero-order valence-electron chi connectivity index (χ0n) is 16.2. The normalized spacial score (nSPS) is 49.5. The highest BCUT2D eigenvalue weighted by Crippen LogP contribution is 2.36. The maximum atomic E-state index is 12.7. The Kier molecular flexibility index (Phi) is 5.53. The van der Waals surface area contributed by atoms with Crippen molar-refractivity contribution in [2.45, 2.75) is 82.5 Å². The fourth-order valence-electron chi connectivity index (χ4n) is 5.64. The van der Waals surface area contributed by atoms with E-state index in [0.717, 1.165) is 19.4 Å². The molecule has 8 unspecified atom stereocenters. The summed E-state index contributed by atoms with van der Waals surface area (Å²) in [6.07, 6.45) is 6.43. The van der Waals surface area contributed by atoms with Crippen molar-refractivity contribution >= 4 is 5.91 Å². The number of ether oxygens (including phenoxy) is 1. The number of carbonyl (C=O) groups is 1. The van der Waals surface area contributed by atoms with Crippen molar-refractivity contribution in [3.63, 3.8) is 0 Å². The molecular formula is C19H34N4O3. The number of hydrogen-bond donors (Lipinski definition) is 4. The summed E-state index contributed by atoms with van der Waals surface area (Å²) in [4.78, 5) is 18.3.